The van der Waals surface area contributed by atoms with Crippen LogP contribution in [0.1, 0.15) is 42.9 Å². The second-order valence-electron chi connectivity index (χ2n) is 6.22. The van der Waals surface area contributed by atoms with E-state index < -0.39 is 0 Å². The minimum atomic E-state index is -0.342. The van der Waals surface area contributed by atoms with Gasteiger partial charge in [-0.05, 0) is 44.2 Å². The van der Waals surface area contributed by atoms with Crippen LogP contribution in [0.5, 0.6) is 0 Å². The second kappa shape index (κ2) is 5.14. The van der Waals surface area contributed by atoms with E-state index in [2.05, 4.69) is 6.07 Å². The number of aryl methyl sites for hydroxylation is 2. The molecule has 21 heavy (non-hydrogen) atoms. The van der Waals surface area contributed by atoms with Crippen molar-refractivity contribution in [3.05, 3.63) is 40.6 Å². The van der Waals surface area contributed by atoms with Crippen LogP contribution in [-0.4, -0.2) is 11.8 Å². The lowest BCUT2D eigenvalue weighted by atomic mass is 9.82. The Balaban J connectivity index is 2.17. The maximum absolute atomic E-state index is 12.8. The van der Waals surface area contributed by atoms with E-state index in [0.717, 1.165) is 36.0 Å². The molecule has 0 aliphatic heterocycles. The van der Waals surface area contributed by atoms with Gasteiger partial charge in [0.15, 0.2) is 5.78 Å². The summed E-state index contributed by atoms with van der Waals surface area (Å²) in [7, 11) is 0. The maximum atomic E-state index is 12.8. The number of carbonyl (C=O) groups excluding carboxylic acids is 2. The average Bonchev–Trinajstić information content (AvgIpc) is 2.84. The fraction of sp³-hybridized carbons (Fsp3) is 0.444. The summed E-state index contributed by atoms with van der Waals surface area (Å²) in [6.07, 6.45) is 2.67. The molecule has 0 radical (unpaired) electrons. The van der Waals surface area contributed by atoms with Gasteiger partial charge in [0.25, 0.3) is 0 Å². The quantitative estimate of drug-likeness (QED) is 0.780. The highest BCUT2D eigenvalue weighted by Gasteiger charge is 2.42. The first kappa shape index (κ1) is 14.1. The van der Waals surface area contributed by atoms with Crippen LogP contribution >= 0.6 is 0 Å². The Morgan fingerprint density at radius 1 is 1.19 bits per heavy atom. The SMILES string of the molecule is CC(=O)OC1=C(c2ccc(C)cc2C)C(=O)C2CCC1C2. The molecule has 2 aliphatic carbocycles. The number of ketones is 1. The third-order valence-electron chi connectivity index (χ3n) is 4.57. The monoisotopic (exact) mass is 284 g/mol. The zero-order valence-electron chi connectivity index (χ0n) is 12.7. The van der Waals surface area contributed by atoms with Gasteiger partial charge in [0.1, 0.15) is 5.76 Å². The summed E-state index contributed by atoms with van der Waals surface area (Å²) in [6, 6.07) is 6.05. The van der Waals surface area contributed by atoms with Crippen LogP contribution in [0.3, 0.4) is 0 Å². The van der Waals surface area contributed by atoms with Gasteiger partial charge in [-0.3, -0.25) is 9.59 Å². The Kier molecular flexibility index (Phi) is 3.44. The minimum absolute atomic E-state index is 0.102. The molecule has 0 N–H and O–H groups in total. The van der Waals surface area contributed by atoms with Gasteiger partial charge in [-0.15, -0.1) is 0 Å². The van der Waals surface area contributed by atoms with Gasteiger partial charge in [0.2, 0.25) is 0 Å². The zero-order chi connectivity index (χ0) is 15.1. The fourth-order valence-corrected chi connectivity index (χ4v) is 3.64. The molecule has 3 heteroatoms. The van der Waals surface area contributed by atoms with Crippen molar-refractivity contribution in [2.45, 2.75) is 40.0 Å². The van der Waals surface area contributed by atoms with Crippen molar-refractivity contribution in [2.24, 2.45) is 11.8 Å². The van der Waals surface area contributed by atoms with Gasteiger partial charge >= 0.3 is 5.97 Å². The van der Waals surface area contributed by atoms with Gasteiger partial charge in [-0.2, -0.15) is 0 Å². The largest absolute Gasteiger partial charge is 0.430 e. The van der Waals surface area contributed by atoms with Gasteiger partial charge in [-0.1, -0.05) is 23.8 Å². The lowest BCUT2D eigenvalue weighted by molar-refractivity contribution is -0.137. The highest BCUT2D eigenvalue weighted by molar-refractivity contribution is 6.24. The fourth-order valence-electron chi connectivity index (χ4n) is 3.64. The van der Waals surface area contributed by atoms with Crippen molar-refractivity contribution in [3.63, 3.8) is 0 Å². The van der Waals surface area contributed by atoms with Crippen LogP contribution in [0.2, 0.25) is 0 Å². The number of carbonyl (C=O) groups is 2. The van der Waals surface area contributed by atoms with Crippen LogP contribution in [0.4, 0.5) is 0 Å². The molecule has 110 valence electrons. The van der Waals surface area contributed by atoms with Gasteiger partial charge in [0.05, 0.1) is 5.57 Å². The molecule has 2 bridgehead atoms. The van der Waals surface area contributed by atoms with Crippen LogP contribution in [-0.2, 0) is 14.3 Å². The molecule has 1 aromatic carbocycles. The summed E-state index contributed by atoms with van der Waals surface area (Å²) in [4.78, 5) is 24.2. The van der Waals surface area contributed by atoms with Crippen LogP contribution in [0.25, 0.3) is 5.57 Å². The van der Waals surface area contributed by atoms with Gasteiger partial charge in [-0.25, -0.2) is 0 Å². The number of esters is 1. The standard InChI is InChI=1S/C18H20O3/c1-10-4-7-15(11(2)8-10)16-17(20)13-5-6-14(9-13)18(16)21-12(3)19/h4,7-8,13-14H,5-6,9H2,1-3H3. The average molecular weight is 284 g/mol. The first-order valence-electron chi connectivity index (χ1n) is 7.51. The van der Waals surface area contributed by atoms with Crippen LogP contribution in [0, 0.1) is 25.7 Å². The topological polar surface area (TPSA) is 43.4 Å². The number of allylic oxidation sites excluding steroid dienone is 2. The normalized spacial score (nSPS) is 24.4. The van der Waals surface area contributed by atoms with E-state index in [4.69, 9.17) is 4.74 Å². The Hall–Kier alpha value is -1.90. The predicted molar refractivity (Wildman–Crippen MR) is 80.4 cm³/mol. The highest BCUT2D eigenvalue weighted by atomic mass is 16.5. The van der Waals surface area contributed by atoms with E-state index in [-0.39, 0.29) is 23.6 Å². The van der Waals surface area contributed by atoms with Gasteiger partial charge in [0, 0.05) is 18.8 Å². The van der Waals surface area contributed by atoms with E-state index >= 15 is 0 Å². The smallest absolute Gasteiger partial charge is 0.307 e. The van der Waals surface area contributed by atoms with Crippen molar-refractivity contribution in [1.29, 1.82) is 0 Å². The number of ether oxygens (including phenoxy) is 1. The molecule has 0 aromatic heterocycles. The first-order valence-corrected chi connectivity index (χ1v) is 7.51. The van der Waals surface area contributed by atoms with E-state index in [9.17, 15) is 9.59 Å². The molecule has 2 atom stereocenters. The summed E-state index contributed by atoms with van der Waals surface area (Å²) in [5.41, 5.74) is 3.78. The van der Waals surface area contributed by atoms with Crippen molar-refractivity contribution in [3.8, 4) is 0 Å². The molecule has 3 nitrogen and oxygen atoms in total. The summed E-state index contributed by atoms with van der Waals surface area (Å²) < 4.78 is 5.46. The number of fused-ring (bicyclic) bond motifs is 2. The predicted octanol–water partition coefficient (Wildman–Crippen LogP) is 3.58. The van der Waals surface area contributed by atoms with E-state index in [1.807, 2.05) is 26.0 Å². The van der Waals surface area contributed by atoms with Crippen LogP contribution in [0.15, 0.2) is 24.0 Å². The summed E-state index contributed by atoms with van der Waals surface area (Å²) in [5, 5.41) is 0. The second-order valence-corrected chi connectivity index (χ2v) is 6.22. The molecule has 0 heterocycles. The van der Waals surface area contributed by atoms with E-state index in [0.29, 0.717) is 11.3 Å². The molecule has 0 saturated heterocycles. The zero-order valence-corrected chi connectivity index (χ0v) is 12.7. The van der Waals surface area contributed by atoms with Gasteiger partial charge < -0.3 is 4.74 Å². The third-order valence-corrected chi connectivity index (χ3v) is 4.57. The molecule has 2 unspecified atom stereocenters. The Labute approximate surface area is 125 Å². The summed E-state index contributed by atoms with van der Waals surface area (Å²) in [6.45, 7) is 5.44. The van der Waals surface area contributed by atoms with Crippen molar-refractivity contribution in [1.82, 2.24) is 0 Å². The number of benzene rings is 1. The Morgan fingerprint density at radius 2 is 1.90 bits per heavy atom. The molecule has 3 rings (SSSR count). The minimum Gasteiger partial charge on any atom is -0.430 e. The Bertz CT molecular complexity index is 654. The van der Waals surface area contributed by atoms with Crippen molar-refractivity contribution < 1.29 is 14.3 Å². The van der Waals surface area contributed by atoms with Crippen molar-refractivity contribution >= 4 is 17.3 Å². The summed E-state index contributed by atoms with van der Waals surface area (Å²) >= 11 is 0. The van der Waals surface area contributed by atoms with E-state index in [1.165, 1.54) is 6.92 Å². The molecule has 1 aromatic rings. The molecule has 1 fully saturated rings. The van der Waals surface area contributed by atoms with E-state index in [1.54, 1.807) is 0 Å². The first-order chi connectivity index (χ1) is 9.97. The Morgan fingerprint density at radius 3 is 2.57 bits per heavy atom. The molecule has 2 aliphatic rings. The lowest BCUT2D eigenvalue weighted by Gasteiger charge is -2.25. The number of Topliss-reactive ketones (excluding diaryl/α,β-unsaturated/α-hetero) is 1. The highest BCUT2D eigenvalue weighted by Crippen LogP contribution is 2.47. The number of hydrogen-bond donors (Lipinski definition) is 0. The molecule has 1 saturated carbocycles. The van der Waals surface area contributed by atoms with Crippen molar-refractivity contribution in [2.75, 3.05) is 0 Å². The lowest BCUT2D eigenvalue weighted by Crippen LogP contribution is -2.23. The summed E-state index contributed by atoms with van der Waals surface area (Å²) in [5.74, 6) is 0.725. The third kappa shape index (κ3) is 2.41. The molecular weight excluding hydrogens is 264 g/mol. The molecule has 0 amide bonds. The van der Waals surface area contributed by atoms with Crippen LogP contribution < -0.4 is 0 Å². The molecule has 0 spiro atoms. The number of hydrogen-bond acceptors (Lipinski definition) is 3. The molecular formula is C18H20O3. The number of rotatable bonds is 2. The maximum Gasteiger partial charge on any atom is 0.307 e.